The van der Waals surface area contributed by atoms with Crippen LogP contribution in [-0.2, 0) is 11.3 Å². The van der Waals surface area contributed by atoms with Gasteiger partial charge in [-0.05, 0) is 23.3 Å². The maximum Gasteiger partial charge on any atom is 0.230 e. The molecule has 2 N–H and O–H groups in total. The molecule has 0 spiro atoms. The van der Waals surface area contributed by atoms with Crippen LogP contribution in [0.3, 0.4) is 0 Å². The van der Waals surface area contributed by atoms with Gasteiger partial charge in [-0.2, -0.15) is 0 Å². The Kier molecular flexibility index (Phi) is 5.72. The Labute approximate surface area is 153 Å². The second-order valence-electron chi connectivity index (χ2n) is 5.16. The molecule has 0 aliphatic heterocycles. The number of hydrogen-bond donors (Lipinski definition) is 2. The van der Waals surface area contributed by atoms with Crippen molar-refractivity contribution in [2.24, 2.45) is 0 Å². The number of H-pyrrole nitrogens is 1. The van der Waals surface area contributed by atoms with Gasteiger partial charge in [0.05, 0.1) is 17.6 Å². The Balaban J connectivity index is 1.50. The first-order valence-corrected chi connectivity index (χ1v) is 9.23. The number of amides is 1. The van der Waals surface area contributed by atoms with Crippen molar-refractivity contribution in [3.63, 3.8) is 0 Å². The van der Waals surface area contributed by atoms with Crippen molar-refractivity contribution in [3.05, 3.63) is 70.8 Å². The third-order valence-electron chi connectivity index (χ3n) is 3.38. The predicted octanol–water partition coefficient (Wildman–Crippen LogP) is 4.25. The van der Waals surface area contributed by atoms with Crippen molar-refractivity contribution < 1.29 is 4.79 Å². The van der Waals surface area contributed by atoms with E-state index in [-0.39, 0.29) is 5.91 Å². The van der Waals surface area contributed by atoms with Gasteiger partial charge in [0.2, 0.25) is 5.91 Å². The van der Waals surface area contributed by atoms with Crippen molar-refractivity contribution in [2.75, 3.05) is 5.75 Å². The summed E-state index contributed by atoms with van der Waals surface area (Å²) in [5.41, 5.74) is 3.09. The van der Waals surface area contributed by atoms with Gasteiger partial charge in [-0.15, -0.1) is 0 Å². The van der Waals surface area contributed by atoms with E-state index in [9.17, 15) is 4.79 Å². The Morgan fingerprint density at radius 1 is 1.12 bits per heavy atom. The number of rotatable bonds is 6. The zero-order chi connectivity index (χ0) is 16.8. The average molecular weight is 402 g/mol. The van der Waals surface area contributed by atoms with Crippen LogP contribution in [0, 0.1) is 0 Å². The fourth-order valence-corrected chi connectivity index (χ4v) is 3.08. The lowest BCUT2D eigenvalue weighted by molar-refractivity contribution is -0.118. The minimum absolute atomic E-state index is 0.00885. The normalized spacial score (nSPS) is 10.5. The topological polar surface area (TPSA) is 57.8 Å². The number of hydrogen-bond acceptors (Lipinski definition) is 3. The highest BCUT2D eigenvalue weighted by molar-refractivity contribution is 9.10. The molecule has 0 unspecified atom stereocenters. The standard InChI is InChI=1S/C18H16BrN3OS/c19-15-8-6-14(7-9-15)16-11-21-18(22-16)24-12-17(23)20-10-13-4-2-1-3-5-13/h1-9,11H,10,12H2,(H,20,23)(H,21,22). The summed E-state index contributed by atoms with van der Waals surface area (Å²) in [6.45, 7) is 0.544. The largest absolute Gasteiger partial charge is 0.351 e. The summed E-state index contributed by atoms with van der Waals surface area (Å²) in [5, 5.41) is 3.65. The smallest absolute Gasteiger partial charge is 0.230 e. The summed E-state index contributed by atoms with van der Waals surface area (Å²) < 4.78 is 1.04. The van der Waals surface area contributed by atoms with Gasteiger partial charge < -0.3 is 10.3 Å². The highest BCUT2D eigenvalue weighted by atomic mass is 79.9. The van der Waals surface area contributed by atoms with Crippen molar-refractivity contribution >= 4 is 33.6 Å². The lowest BCUT2D eigenvalue weighted by Crippen LogP contribution is -2.24. The Morgan fingerprint density at radius 3 is 2.62 bits per heavy atom. The molecule has 6 heteroatoms. The molecular weight excluding hydrogens is 386 g/mol. The third kappa shape index (κ3) is 4.72. The minimum atomic E-state index is -0.00885. The highest BCUT2D eigenvalue weighted by Crippen LogP contribution is 2.23. The molecule has 0 fully saturated rings. The molecule has 0 aliphatic rings. The maximum absolute atomic E-state index is 11.9. The Bertz CT molecular complexity index is 803. The number of aromatic amines is 1. The molecule has 4 nitrogen and oxygen atoms in total. The molecule has 3 aromatic rings. The molecule has 1 heterocycles. The molecule has 122 valence electrons. The van der Waals surface area contributed by atoms with E-state index in [4.69, 9.17) is 0 Å². The number of carbonyl (C=O) groups is 1. The SMILES string of the molecule is O=C(CSc1ncc(-c2ccc(Br)cc2)[nH]1)NCc1ccccc1. The predicted molar refractivity (Wildman–Crippen MR) is 101 cm³/mol. The average Bonchev–Trinajstić information content (AvgIpc) is 3.09. The van der Waals surface area contributed by atoms with Gasteiger partial charge in [0.1, 0.15) is 0 Å². The van der Waals surface area contributed by atoms with Crippen molar-refractivity contribution in [1.29, 1.82) is 0 Å². The quantitative estimate of drug-likeness (QED) is 0.607. The maximum atomic E-state index is 11.9. The van der Waals surface area contributed by atoms with Gasteiger partial charge >= 0.3 is 0 Å². The second kappa shape index (κ2) is 8.17. The van der Waals surface area contributed by atoms with Crippen LogP contribution < -0.4 is 5.32 Å². The Morgan fingerprint density at radius 2 is 1.88 bits per heavy atom. The van der Waals surface area contributed by atoms with Crippen LogP contribution in [0.15, 0.2) is 70.4 Å². The van der Waals surface area contributed by atoms with Gasteiger partial charge in [-0.1, -0.05) is 70.2 Å². The molecule has 0 aliphatic carbocycles. The fourth-order valence-electron chi connectivity index (χ4n) is 2.13. The number of benzene rings is 2. The number of nitrogens with zero attached hydrogens (tertiary/aromatic N) is 1. The molecule has 24 heavy (non-hydrogen) atoms. The molecule has 0 atom stereocenters. The fraction of sp³-hybridized carbons (Fsp3) is 0.111. The first-order chi connectivity index (χ1) is 11.7. The summed E-state index contributed by atoms with van der Waals surface area (Å²) in [7, 11) is 0. The number of imidazole rings is 1. The summed E-state index contributed by atoms with van der Waals surface area (Å²) in [6, 6.07) is 17.9. The molecule has 1 amide bonds. The number of aromatic nitrogens is 2. The van der Waals surface area contributed by atoms with E-state index in [1.807, 2.05) is 54.6 Å². The summed E-state index contributed by atoms with van der Waals surface area (Å²) in [4.78, 5) is 19.5. The lowest BCUT2D eigenvalue weighted by atomic mass is 10.2. The molecule has 0 saturated carbocycles. The van der Waals surface area contributed by atoms with E-state index >= 15 is 0 Å². The van der Waals surface area contributed by atoms with Crippen LogP contribution in [0.1, 0.15) is 5.56 Å². The first-order valence-electron chi connectivity index (χ1n) is 7.45. The highest BCUT2D eigenvalue weighted by Gasteiger charge is 2.07. The van der Waals surface area contributed by atoms with E-state index in [1.54, 1.807) is 6.20 Å². The second-order valence-corrected chi connectivity index (χ2v) is 7.04. The monoisotopic (exact) mass is 401 g/mol. The van der Waals surface area contributed by atoms with Gasteiger partial charge in [-0.3, -0.25) is 4.79 Å². The third-order valence-corrected chi connectivity index (χ3v) is 4.80. The summed E-state index contributed by atoms with van der Waals surface area (Å²) in [5.74, 6) is 0.325. The van der Waals surface area contributed by atoms with Crippen LogP contribution in [0.2, 0.25) is 0 Å². The summed E-state index contributed by atoms with van der Waals surface area (Å²) >= 11 is 4.82. The van der Waals surface area contributed by atoms with E-state index in [2.05, 4.69) is 31.2 Å². The first kappa shape index (κ1) is 16.8. The van der Waals surface area contributed by atoms with E-state index in [1.165, 1.54) is 11.8 Å². The van der Waals surface area contributed by atoms with E-state index < -0.39 is 0 Å². The number of nitrogens with one attached hydrogen (secondary N) is 2. The van der Waals surface area contributed by atoms with E-state index in [0.29, 0.717) is 12.3 Å². The Hall–Kier alpha value is -2.05. The molecule has 1 aromatic heterocycles. The van der Waals surface area contributed by atoms with Gasteiger partial charge in [0.25, 0.3) is 0 Å². The molecule has 2 aromatic carbocycles. The molecule has 3 rings (SSSR count). The lowest BCUT2D eigenvalue weighted by Gasteiger charge is -2.04. The van der Waals surface area contributed by atoms with Gasteiger partial charge in [0.15, 0.2) is 5.16 Å². The molecule has 0 bridgehead atoms. The zero-order valence-electron chi connectivity index (χ0n) is 12.8. The van der Waals surface area contributed by atoms with E-state index in [0.717, 1.165) is 26.4 Å². The van der Waals surface area contributed by atoms with Crippen LogP contribution in [0.5, 0.6) is 0 Å². The number of carbonyl (C=O) groups excluding carboxylic acids is 1. The van der Waals surface area contributed by atoms with Gasteiger partial charge in [-0.25, -0.2) is 4.98 Å². The number of halogens is 1. The summed E-state index contributed by atoms with van der Waals surface area (Å²) in [6.07, 6.45) is 1.79. The van der Waals surface area contributed by atoms with Crippen LogP contribution in [0.25, 0.3) is 11.3 Å². The van der Waals surface area contributed by atoms with Crippen molar-refractivity contribution in [1.82, 2.24) is 15.3 Å². The van der Waals surface area contributed by atoms with Crippen molar-refractivity contribution in [2.45, 2.75) is 11.7 Å². The number of thioether (sulfide) groups is 1. The molecule has 0 radical (unpaired) electrons. The molecule has 0 saturated heterocycles. The van der Waals surface area contributed by atoms with Crippen LogP contribution >= 0.6 is 27.7 Å². The van der Waals surface area contributed by atoms with Gasteiger partial charge in [0, 0.05) is 11.0 Å². The zero-order valence-corrected chi connectivity index (χ0v) is 15.2. The van der Waals surface area contributed by atoms with Crippen molar-refractivity contribution in [3.8, 4) is 11.3 Å². The molecular formula is C18H16BrN3OS. The van der Waals surface area contributed by atoms with Crippen LogP contribution in [0.4, 0.5) is 0 Å². The minimum Gasteiger partial charge on any atom is -0.351 e. The van der Waals surface area contributed by atoms with Crippen LogP contribution in [-0.4, -0.2) is 21.6 Å².